The van der Waals surface area contributed by atoms with Crippen LogP contribution in [0.25, 0.3) is 11.1 Å². The molecule has 0 saturated heterocycles. The van der Waals surface area contributed by atoms with Gasteiger partial charge in [0.25, 0.3) is 0 Å². The normalized spacial score (nSPS) is 18.8. The van der Waals surface area contributed by atoms with Gasteiger partial charge in [-0.05, 0) is 61.6 Å². The molecule has 0 spiro atoms. The zero-order valence-electron chi connectivity index (χ0n) is 18.9. The third-order valence-corrected chi connectivity index (χ3v) is 8.43. The molecule has 170 valence electrons. The van der Waals surface area contributed by atoms with E-state index < -0.39 is 9.84 Å². The van der Waals surface area contributed by atoms with Crippen LogP contribution in [0, 0.1) is 5.92 Å². The lowest BCUT2D eigenvalue weighted by atomic mass is 9.84. The summed E-state index contributed by atoms with van der Waals surface area (Å²) < 4.78 is 24.7. The van der Waals surface area contributed by atoms with E-state index in [2.05, 4.69) is 0 Å². The van der Waals surface area contributed by atoms with E-state index in [1.165, 1.54) is 0 Å². The van der Waals surface area contributed by atoms with Crippen LogP contribution in [0.2, 0.25) is 0 Å². The molecule has 0 radical (unpaired) electrons. The number of carbonyl (C=O) groups is 2. The topological polar surface area (TPSA) is 74.8 Å². The van der Waals surface area contributed by atoms with Crippen molar-refractivity contribution in [3.05, 3.63) is 42.5 Å². The second-order valence-corrected chi connectivity index (χ2v) is 11.0. The molecule has 7 heteroatoms. The Morgan fingerprint density at radius 3 is 2.22 bits per heavy atom. The Morgan fingerprint density at radius 2 is 1.66 bits per heavy atom. The van der Waals surface area contributed by atoms with Gasteiger partial charge in [-0.15, -0.1) is 0 Å². The Labute approximate surface area is 190 Å². The molecule has 32 heavy (non-hydrogen) atoms. The van der Waals surface area contributed by atoms with Crippen molar-refractivity contribution in [2.75, 3.05) is 22.1 Å². The van der Waals surface area contributed by atoms with Crippen LogP contribution in [0.5, 0.6) is 0 Å². The van der Waals surface area contributed by atoms with Crippen molar-refractivity contribution in [3.63, 3.8) is 0 Å². The Balaban J connectivity index is 1.73. The van der Waals surface area contributed by atoms with E-state index in [-0.39, 0.29) is 29.5 Å². The van der Waals surface area contributed by atoms with Gasteiger partial charge in [0.2, 0.25) is 11.8 Å². The summed E-state index contributed by atoms with van der Waals surface area (Å²) in [6.07, 6.45) is 3.50. The Morgan fingerprint density at radius 1 is 1.00 bits per heavy atom. The van der Waals surface area contributed by atoms with Gasteiger partial charge in [0.15, 0.2) is 9.84 Å². The van der Waals surface area contributed by atoms with E-state index in [1.807, 2.05) is 36.9 Å². The average Bonchev–Trinajstić information content (AvgIpc) is 2.71. The summed E-state index contributed by atoms with van der Waals surface area (Å²) in [6, 6.07) is 12.6. The van der Waals surface area contributed by atoms with Gasteiger partial charge < -0.3 is 9.80 Å². The number of benzene rings is 2. The molecule has 1 fully saturated rings. The van der Waals surface area contributed by atoms with Gasteiger partial charge in [-0.25, -0.2) is 8.42 Å². The lowest BCUT2D eigenvalue weighted by Crippen LogP contribution is -2.53. The fourth-order valence-electron chi connectivity index (χ4n) is 4.61. The summed E-state index contributed by atoms with van der Waals surface area (Å²) in [5.74, 6) is 0.270. The first kappa shape index (κ1) is 22.5. The summed E-state index contributed by atoms with van der Waals surface area (Å²) in [6.45, 7) is 5.84. The second-order valence-electron chi connectivity index (χ2n) is 8.86. The number of nitrogens with zero attached hydrogens (tertiary/aromatic N) is 2. The molecule has 2 amide bonds. The number of hydrogen-bond acceptors (Lipinski definition) is 4. The van der Waals surface area contributed by atoms with E-state index in [0.717, 1.165) is 41.8 Å². The molecule has 2 aromatic carbocycles. The number of carbonyl (C=O) groups excluding carboxylic acids is 2. The number of hydrogen-bond donors (Lipinski definition) is 0. The summed E-state index contributed by atoms with van der Waals surface area (Å²) >= 11 is 0. The first-order valence-electron chi connectivity index (χ1n) is 11.3. The number of sulfone groups is 1. The highest BCUT2D eigenvalue weighted by Crippen LogP contribution is 2.41. The summed E-state index contributed by atoms with van der Waals surface area (Å²) in [4.78, 5) is 29.5. The van der Waals surface area contributed by atoms with Gasteiger partial charge in [0, 0.05) is 19.4 Å². The first-order chi connectivity index (χ1) is 15.2. The first-order valence-corrected chi connectivity index (χ1v) is 13.0. The third kappa shape index (κ3) is 4.06. The maximum Gasteiger partial charge on any atom is 0.230 e. The quantitative estimate of drug-likeness (QED) is 0.670. The van der Waals surface area contributed by atoms with E-state index >= 15 is 0 Å². The minimum Gasteiger partial charge on any atom is -0.308 e. The van der Waals surface area contributed by atoms with Crippen molar-refractivity contribution >= 4 is 33.0 Å². The molecule has 1 heterocycles. The van der Waals surface area contributed by atoms with E-state index in [0.29, 0.717) is 17.9 Å². The van der Waals surface area contributed by atoms with Crippen molar-refractivity contribution in [2.45, 2.75) is 57.4 Å². The predicted octanol–water partition coefficient (Wildman–Crippen LogP) is 4.43. The average molecular weight is 455 g/mol. The van der Waals surface area contributed by atoms with Gasteiger partial charge in [0.1, 0.15) is 0 Å². The maximum absolute atomic E-state index is 13.2. The van der Waals surface area contributed by atoms with E-state index in [4.69, 9.17) is 0 Å². The van der Waals surface area contributed by atoms with Crippen LogP contribution >= 0.6 is 0 Å². The van der Waals surface area contributed by atoms with Gasteiger partial charge >= 0.3 is 0 Å². The highest BCUT2D eigenvalue weighted by Gasteiger charge is 2.37. The monoisotopic (exact) mass is 454 g/mol. The lowest BCUT2D eigenvalue weighted by Gasteiger charge is -2.43. The Bertz CT molecular complexity index is 1140. The van der Waals surface area contributed by atoms with Crippen molar-refractivity contribution in [1.82, 2.24) is 0 Å². The van der Waals surface area contributed by atoms with Crippen LogP contribution in [-0.2, 0) is 19.4 Å². The fraction of sp³-hybridized carbons (Fsp3) is 0.440. The highest BCUT2D eigenvalue weighted by molar-refractivity contribution is 7.91. The van der Waals surface area contributed by atoms with Crippen molar-refractivity contribution in [1.29, 1.82) is 0 Å². The zero-order chi connectivity index (χ0) is 23.0. The van der Waals surface area contributed by atoms with Gasteiger partial charge in [0.05, 0.1) is 28.1 Å². The summed E-state index contributed by atoms with van der Waals surface area (Å²) in [7, 11) is -3.27. The van der Waals surface area contributed by atoms with Crippen LogP contribution in [-0.4, -0.2) is 38.6 Å². The molecule has 0 bridgehead atoms. The standard InChI is InChI=1S/C25H30N2O4S/c1-4-14-32(30,31)22-11-8-19(9-12-22)21-10-13-23-24(15-21)26(25(29)20-6-5-7-20)16-17(2)27(23)18(3)28/h8-13,15,17,20H,4-7,14,16H2,1-3H3/t17-/m0/s1. The molecule has 2 aliphatic rings. The lowest BCUT2D eigenvalue weighted by molar-refractivity contribution is -0.125. The highest BCUT2D eigenvalue weighted by atomic mass is 32.2. The number of anilines is 2. The van der Waals surface area contributed by atoms with Crippen LogP contribution in [0.15, 0.2) is 47.4 Å². The third-order valence-electron chi connectivity index (χ3n) is 6.49. The van der Waals surface area contributed by atoms with Crippen molar-refractivity contribution in [3.8, 4) is 11.1 Å². The molecule has 1 atom stereocenters. The minimum absolute atomic E-state index is 0.0484. The van der Waals surface area contributed by atoms with Crippen molar-refractivity contribution in [2.24, 2.45) is 5.92 Å². The van der Waals surface area contributed by atoms with E-state index in [9.17, 15) is 18.0 Å². The molecule has 6 nitrogen and oxygen atoms in total. The molecule has 4 rings (SSSR count). The summed E-state index contributed by atoms with van der Waals surface area (Å²) in [5.41, 5.74) is 3.24. The van der Waals surface area contributed by atoms with Crippen LogP contribution in [0.3, 0.4) is 0 Å². The van der Waals surface area contributed by atoms with E-state index in [1.54, 1.807) is 36.1 Å². The Hall–Kier alpha value is -2.67. The van der Waals surface area contributed by atoms with Gasteiger partial charge in [-0.1, -0.05) is 31.5 Å². The van der Waals surface area contributed by atoms with Crippen LogP contribution < -0.4 is 9.80 Å². The second kappa shape index (κ2) is 8.70. The summed E-state index contributed by atoms with van der Waals surface area (Å²) in [5, 5.41) is 0. The number of rotatable bonds is 5. The maximum atomic E-state index is 13.2. The predicted molar refractivity (Wildman–Crippen MR) is 127 cm³/mol. The molecule has 0 N–H and O–H groups in total. The SMILES string of the molecule is CCCS(=O)(=O)c1ccc(-c2ccc3c(c2)N(C(=O)C2CCC2)C[C@H](C)N3C(C)=O)cc1. The number of fused-ring (bicyclic) bond motifs is 1. The minimum atomic E-state index is -3.27. The molecule has 1 aliphatic heterocycles. The van der Waals surface area contributed by atoms with Gasteiger partial charge in [-0.2, -0.15) is 0 Å². The van der Waals surface area contributed by atoms with Crippen LogP contribution in [0.4, 0.5) is 11.4 Å². The largest absolute Gasteiger partial charge is 0.308 e. The molecule has 1 aliphatic carbocycles. The zero-order valence-corrected chi connectivity index (χ0v) is 19.7. The van der Waals surface area contributed by atoms with Gasteiger partial charge in [-0.3, -0.25) is 9.59 Å². The molecule has 0 aromatic heterocycles. The fourth-order valence-corrected chi connectivity index (χ4v) is 5.93. The smallest absolute Gasteiger partial charge is 0.230 e. The molecule has 0 unspecified atom stereocenters. The van der Waals surface area contributed by atoms with Crippen molar-refractivity contribution < 1.29 is 18.0 Å². The molecular weight excluding hydrogens is 424 g/mol. The molecular formula is C25H30N2O4S. The molecule has 2 aromatic rings. The molecule has 1 saturated carbocycles. The van der Waals surface area contributed by atoms with Crippen LogP contribution in [0.1, 0.15) is 46.5 Å². The Kier molecular flexibility index (Phi) is 6.12. The number of amides is 2.